The first-order chi connectivity index (χ1) is 21.8. The standard InChI is InChI=1S/C32H30N6O5S2/c1-20-24(19-44-32-34-35-36-37(32)2)27(31(41)43-28(22-14-8-4-9-15-22)23-16-10-5-11-17-23)38-29(40)26(30(38)45(20)42)33-25(39)18-21-12-6-3-7-13-21/h3-17,20,26,28,30H,18-19H2,1-2H3,(H,33,39)/t20-,26?,30-,45?/m1/s1. The second-order valence-electron chi connectivity index (χ2n) is 10.6. The molecule has 3 heterocycles. The molecule has 4 aromatic rings. The molecule has 2 aliphatic rings. The van der Waals surface area contributed by atoms with Gasteiger partial charge in [0.15, 0.2) is 6.10 Å². The number of fused-ring (bicyclic) bond motifs is 1. The molecule has 2 aliphatic heterocycles. The summed E-state index contributed by atoms with van der Waals surface area (Å²) in [5.41, 5.74) is 2.80. The van der Waals surface area contributed by atoms with Gasteiger partial charge in [-0.25, -0.2) is 9.48 Å². The highest BCUT2D eigenvalue weighted by Gasteiger charge is 2.59. The van der Waals surface area contributed by atoms with E-state index in [1.807, 2.05) is 91.0 Å². The first-order valence-electron chi connectivity index (χ1n) is 14.3. The van der Waals surface area contributed by atoms with Crippen molar-refractivity contribution in [3.8, 4) is 0 Å². The fourth-order valence-corrected chi connectivity index (χ4v) is 8.28. The first-order valence-corrected chi connectivity index (χ1v) is 16.5. The SMILES string of the molecule is C[C@@H]1C(CSc2nnnn2C)=C(C(=O)OC(c2ccccc2)c2ccccc2)N2C(=O)C(NC(=O)Cc3ccccc3)[C@H]2S1=O. The van der Waals surface area contributed by atoms with Crippen LogP contribution in [0.15, 0.2) is 107 Å². The van der Waals surface area contributed by atoms with Crippen LogP contribution in [0.25, 0.3) is 0 Å². The van der Waals surface area contributed by atoms with E-state index < -0.39 is 45.4 Å². The van der Waals surface area contributed by atoms with Crippen LogP contribution in [0, 0.1) is 0 Å². The van der Waals surface area contributed by atoms with Gasteiger partial charge in [-0.3, -0.25) is 18.7 Å². The Balaban J connectivity index is 1.33. The number of carbonyl (C=O) groups is 3. The number of nitrogens with zero attached hydrogens (tertiary/aromatic N) is 5. The van der Waals surface area contributed by atoms with Crippen molar-refractivity contribution < 1.29 is 23.3 Å². The molecule has 230 valence electrons. The van der Waals surface area contributed by atoms with E-state index >= 15 is 0 Å². The van der Waals surface area contributed by atoms with E-state index in [1.54, 1.807) is 14.0 Å². The largest absolute Gasteiger partial charge is 0.448 e. The zero-order valence-corrected chi connectivity index (χ0v) is 26.1. The number of ether oxygens (including phenoxy) is 1. The molecule has 13 heteroatoms. The number of carbonyl (C=O) groups excluding carboxylic acids is 3. The Kier molecular flexibility index (Phi) is 8.90. The number of benzene rings is 3. The highest BCUT2D eigenvalue weighted by atomic mass is 32.2. The molecule has 0 radical (unpaired) electrons. The third-order valence-electron chi connectivity index (χ3n) is 7.75. The van der Waals surface area contributed by atoms with Crippen molar-refractivity contribution in [2.45, 2.75) is 41.3 Å². The summed E-state index contributed by atoms with van der Waals surface area (Å²) in [5, 5.41) is 13.2. The minimum absolute atomic E-state index is 0.0325. The molecule has 2 unspecified atom stereocenters. The van der Waals surface area contributed by atoms with Gasteiger partial charge in [0.1, 0.15) is 17.1 Å². The number of nitrogens with one attached hydrogen (secondary N) is 1. The summed E-state index contributed by atoms with van der Waals surface area (Å²) in [6, 6.07) is 26.8. The first kappa shape index (κ1) is 30.4. The zero-order chi connectivity index (χ0) is 31.5. The number of aromatic nitrogens is 4. The maximum atomic E-state index is 14.2. The topological polar surface area (TPSA) is 136 Å². The predicted octanol–water partition coefficient (Wildman–Crippen LogP) is 2.94. The van der Waals surface area contributed by atoms with Crippen LogP contribution in [0.2, 0.25) is 0 Å². The molecule has 3 aromatic carbocycles. The normalized spacial score (nSPS) is 20.9. The smallest absolute Gasteiger partial charge is 0.356 e. The Bertz CT molecular complexity index is 1730. The van der Waals surface area contributed by atoms with E-state index in [0.29, 0.717) is 10.7 Å². The zero-order valence-electron chi connectivity index (χ0n) is 24.5. The summed E-state index contributed by atoms with van der Waals surface area (Å²) in [6.45, 7) is 1.75. The monoisotopic (exact) mass is 642 g/mol. The van der Waals surface area contributed by atoms with Gasteiger partial charge in [-0.15, -0.1) is 5.10 Å². The van der Waals surface area contributed by atoms with Crippen LogP contribution in [-0.2, 0) is 43.4 Å². The number of hydrogen-bond donors (Lipinski definition) is 1. The van der Waals surface area contributed by atoms with Gasteiger partial charge in [0, 0.05) is 12.8 Å². The lowest BCUT2D eigenvalue weighted by Gasteiger charge is -2.51. The Hall–Kier alpha value is -4.62. The van der Waals surface area contributed by atoms with Gasteiger partial charge in [-0.2, -0.15) is 0 Å². The number of rotatable bonds is 10. The lowest BCUT2D eigenvalue weighted by molar-refractivity contribution is -0.155. The van der Waals surface area contributed by atoms with Crippen LogP contribution < -0.4 is 5.32 Å². The van der Waals surface area contributed by atoms with Crippen LogP contribution in [0.1, 0.15) is 29.7 Å². The molecule has 1 fully saturated rings. The molecule has 0 spiro atoms. The van der Waals surface area contributed by atoms with Gasteiger partial charge in [0.2, 0.25) is 11.1 Å². The maximum Gasteiger partial charge on any atom is 0.356 e. The summed E-state index contributed by atoms with van der Waals surface area (Å²) < 4.78 is 21.6. The van der Waals surface area contributed by atoms with E-state index in [0.717, 1.165) is 16.7 Å². The van der Waals surface area contributed by atoms with Crippen molar-refractivity contribution in [3.63, 3.8) is 0 Å². The second-order valence-corrected chi connectivity index (χ2v) is 13.4. The number of amides is 2. The molecule has 4 atom stereocenters. The quantitative estimate of drug-likeness (QED) is 0.157. The molecule has 0 saturated carbocycles. The summed E-state index contributed by atoms with van der Waals surface area (Å²) >= 11 is 1.26. The van der Waals surface area contributed by atoms with E-state index in [9.17, 15) is 18.6 Å². The van der Waals surface area contributed by atoms with Crippen molar-refractivity contribution in [2.75, 3.05) is 5.75 Å². The molecule has 0 bridgehead atoms. The van der Waals surface area contributed by atoms with Crippen molar-refractivity contribution in [3.05, 3.63) is 119 Å². The fourth-order valence-electron chi connectivity index (χ4n) is 5.42. The third kappa shape index (κ3) is 6.18. The molecule has 2 amide bonds. The number of hydrogen-bond acceptors (Lipinski definition) is 9. The van der Waals surface area contributed by atoms with Crippen molar-refractivity contribution in [1.29, 1.82) is 0 Å². The summed E-state index contributed by atoms with van der Waals surface area (Å²) in [6.07, 6.45) is -0.698. The summed E-state index contributed by atoms with van der Waals surface area (Å²) in [4.78, 5) is 42.1. The average Bonchev–Trinajstić information content (AvgIpc) is 3.48. The van der Waals surface area contributed by atoms with Crippen LogP contribution >= 0.6 is 11.8 Å². The third-order valence-corrected chi connectivity index (χ3v) is 10.8. The van der Waals surface area contributed by atoms with Crippen LogP contribution in [0.3, 0.4) is 0 Å². The molecule has 1 N–H and O–H groups in total. The Labute approximate surface area is 266 Å². The molecular formula is C32H30N6O5S2. The predicted molar refractivity (Wildman–Crippen MR) is 168 cm³/mol. The van der Waals surface area contributed by atoms with Gasteiger partial charge < -0.3 is 10.1 Å². The molecule has 0 aliphatic carbocycles. The molecular weight excluding hydrogens is 613 g/mol. The van der Waals surface area contributed by atoms with Crippen molar-refractivity contribution in [1.82, 2.24) is 30.4 Å². The molecule has 6 rings (SSSR count). The summed E-state index contributed by atoms with van der Waals surface area (Å²) in [5.74, 6) is -1.43. The van der Waals surface area contributed by atoms with E-state index in [-0.39, 0.29) is 23.8 Å². The Morgan fingerprint density at radius 2 is 1.58 bits per heavy atom. The average molecular weight is 643 g/mol. The summed E-state index contributed by atoms with van der Waals surface area (Å²) in [7, 11) is 0.0515. The van der Waals surface area contributed by atoms with E-state index in [2.05, 4.69) is 20.8 Å². The number of β-lactam (4-membered cyclic amide) rings is 1. The van der Waals surface area contributed by atoms with Crippen LogP contribution in [-0.4, -0.2) is 69.5 Å². The highest BCUT2D eigenvalue weighted by molar-refractivity contribution is 7.99. The molecule has 1 aromatic heterocycles. The van der Waals surface area contributed by atoms with Crippen LogP contribution in [0.5, 0.6) is 0 Å². The Morgan fingerprint density at radius 1 is 0.978 bits per heavy atom. The van der Waals surface area contributed by atoms with E-state index in [1.165, 1.54) is 21.3 Å². The number of esters is 1. The minimum atomic E-state index is -1.64. The van der Waals surface area contributed by atoms with Crippen LogP contribution in [0.4, 0.5) is 0 Å². The Morgan fingerprint density at radius 3 is 2.16 bits per heavy atom. The fraction of sp³-hybridized carbons (Fsp3) is 0.250. The molecule has 45 heavy (non-hydrogen) atoms. The maximum absolute atomic E-state index is 14.2. The van der Waals surface area contributed by atoms with Gasteiger partial charge in [-0.05, 0) is 39.6 Å². The van der Waals surface area contributed by atoms with Crippen molar-refractivity contribution in [2.24, 2.45) is 7.05 Å². The second kappa shape index (κ2) is 13.2. The van der Waals surface area contributed by atoms with Crippen molar-refractivity contribution >= 4 is 40.3 Å². The van der Waals surface area contributed by atoms with E-state index in [4.69, 9.17) is 4.74 Å². The highest BCUT2D eigenvalue weighted by Crippen LogP contribution is 2.41. The van der Waals surface area contributed by atoms with Gasteiger partial charge in [0.25, 0.3) is 5.91 Å². The lowest BCUT2D eigenvalue weighted by Crippen LogP contribution is -2.74. The van der Waals surface area contributed by atoms with Gasteiger partial charge in [0.05, 0.1) is 22.5 Å². The van der Waals surface area contributed by atoms with Gasteiger partial charge >= 0.3 is 5.97 Å². The number of tetrazole rings is 1. The lowest BCUT2D eigenvalue weighted by atomic mass is 9.99. The molecule has 1 saturated heterocycles. The van der Waals surface area contributed by atoms with Gasteiger partial charge in [-0.1, -0.05) is 103 Å². The minimum Gasteiger partial charge on any atom is -0.448 e. The molecule has 11 nitrogen and oxygen atoms in total. The number of aryl methyl sites for hydroxylation is 1. The number of thioether (sulfide) groups is 1.